The van der Waals surface area contributed by atoms with Gasteiger partial charge in [-0.15, -0.1) is 0 Å². The van der Waals surface area contributed by atoms with E-state index in [1.807, 2.05) is 15.9 Å². The van der Waals surface area contributed by atoms with Gasteiger partial charge < -0.3 is 31.6 Å². The first-order valence-electron chi connectivity index (χ1n) is 21.8. The van der Waals surface area contributed by atoms with Crippen LogP contribution < -0.4 is 113 Å². The van der Waals surface area contributed by atoms with Crippen LogP contribution in [0.25, 0.3) is 22.3 Å². The predicted molar refractivity (Wildman–Crippen MR) is 237 cm³/mol. The van der Waals surface area contributed by atoms with Crippen molar-refractivity contribution < 1.29 is 201 Å². The van der Waals surface area contributed by atoms with E-state index in [-0.39, 0.29) is 146 Å². The summed E-state index contributed by atoms with van der Waals surface area (Å²) in [5.74, 6) is -17.2. The van der Waals surface area contributed by atoms with Gasteiger partial charge in [0, 0.05) is 24.3 Å². The molecule has 6 aromatic carbocycles. The van der Waals surface area contributed by atoms with Gasteiger partial charge in [0.15, 0.2) is 34.9 Å². The Morgan fingerprint density at radius 1 is 0.533 bits per heavy atom. The number of alkyl halides is 5. The largest absolute Gasteiger partial charge is 1.00 e. The maximum Gasteiger partial charge on any atom is 1.00 e. The van der Waals surface area contributed by atoms with E-state index in [0.29, 0.717) is 41.0 Å². The number of rotatable bonds is 11. The summed E-state index contributed by atoms with van der Waals surface area (Å²) in [5, 5.41) is 37.8. The zero-order valence-electron chi connectivity index (χ0n) is 40.4. The molecule has 394 valence electrons. The van der Waals surface area contributed by atoms with Crippen molar-refractivity contribution in [2.45, 2.75) is 74.5 Å². The van der Waals surface area contributed by atoms with E-state index >= 15 is 0 Å². The van der Waals surface area contributed by atoms with Crippen LogP contribution >= 0.6 is 15.9 Å². The number of aromatic hydroxyl groups is 1. The summed E-state index contributed by atoms with van der Waals surface area (Å²) in [7, 11) is 0. The van der Waals surface area contributed by atoms with Crippen LogP contribution in [0.2, 0.25) is 0 Å². The minimum absolute atomic E-state index is 0. The first kappa shape index (κ1) is 66.3. The third-order valence-corrected chi connectivity index (χ3v) is 12.1. The third-order valence-electron chi connectivity index (χ3n) is 11.7. The molecular weight excluding hydrogens is 1150 g/mol. The number of halogens is 15. The molecule has 0 bridgehead atoms. The van der Waals surface area contributed by atoms with Gasteiger partial charge >= 0.3 is 114 Å². The van der Waals surface area contributed by atoms with Crippen molar-refractivity contribution in [3.8, 4) is 33.8 Å². The van der Waals surface area contributed by atoms with Crippen LogP contribution in [0.3, 0.4) is 0 Å². The number of aliphatic hydroxyl groups is 2. The van der Waals surface area contributed by atoms with Gasteiger partial charge in [0.2, 0.25) is 0 Å². The van der Waals surface area contributed by atoms with Crippen molar-refractivity contribution in [1.82, 2.24) is 0 Å². The average Bonchev–Trinajstić information content (AvgIpc) is 4.08. The Bertz CT molecular complexity index is 2750. The minimum atomic E-state index is -4.65. The van der Waals surface area contributed by atoms with Gasteiger partial charge in [-0.05, 0) is 111 Å². The summed E-state index contributed by atoms with van der Waals surface area (Å²) in [6, 6.07) is 17.3. The maximum atomic E-state index is 14.6. The Morgan fingerprint density at radius 2 is 0.840 bits per heavy atom. The molecule has 0 amide bonds. The molecule has 0 heterocycles. The molecule has 0 saturated heterocycles. The van der Waals surface area contributed by atoms with Gasteiger partial charge in [-0.3, -0.25) is 4.79 Å². The molecule has 2 aliphatic carbocycles. The van der Waals surface area contributed by atoms with Gasteiger partial charge in [0.25, 0.3) is 6.47 Å². The number of hydrogen-bond acceptors (Lipinski definition) is 7. The first-order chi connectivity index (χ1) is 34.4. The molecule has 0 spiro atoms. The summed E-state index contributed by atoms with van der Waals surface area (Å²) in [6.07, 6.45) is 2.24. The second-order valence-electron chi connectivity index (χ2n) is 16.6. The summed E-state index contributed by atoms with van der Waals surface area (Å²) < 4.78 is 192. The van der Waals surface area contributed by atoms with E-state index in [0.717, 1.165) is 69.1 Å². The Kier molecular flexibility index (Phi) is 26.4. The molecule has 2 unspecified atom stereocenters. The quantitative estimate of drug-likeness (QED) is 0.0229. The summed E-state index contributed by atoms with van der Waals surface area (Å²) in [5.41, 5.74) is -0.748. The fraction of sp³-hybridized carbons (Fsp3) is 0.275. The SMILES string of the molecule is O=CO[O-].OC(c1ccc(-c2cc(F)c(C(F)(F)Br)c(F)c2)cc1)C1CCCC1.OC(c1ccc(-c2cc(F)c(C(F)(F)Oc3cc(F)c(F)c(F)c3)c(F)c2)cc1)C1CCCC1.Oc1cc(F)c(F)c(F)c1.[H-].[K+].[K+]. The maximum absolute atomic E-state index is 14.6. The summed E-state index contributed by atoms with van der Waals surface area (Å²) in [4.78, 5) is 7.48. The molecule has 75 heavy (non-hydrogen) atoms. The fourth-order valence-electron chi connectivity index (χ4n) is 8.20. The standard InChI is InChI=1S/C25H19F7O2.C19H17BrF4O.C6H3F3O.CH2O3.2K.H/c26-18-9-16(13-5-7-15(8-6-13)24(33)14-3-1-2-4-14)10-19(27)22(18)25(31,32)34-17-11-20(28)23(30)21(29)12-17;20-19(23,24)17-15(21)9-14(10-16(17)22)11-5-7-13(8-6-11)18(25)12-3-1-2-4-12;7-4-1-3(10)2-5(8)6(4)9;2-1-4-3;;;/h5-12,14,24,33H,1-4H2;5-10,12,18,25H,1-4H2;1-2,10H;1,3H;;;/q;;;;2*+1;-1/p-1. The van der Waals surface area contributed by atoms with Crippen molar-refractivity contribution in [1.29, 1.82) is 0 Å². The number of phenolic OH excluding ortho intramolecular Hbond substituents is 1. The number of benzene rings is 6. The molecular formula is C51H41BrF14K2O7. The molecule has 0 radical (unpaired) electrons. The van der Waals surface area contributed by atoms with Crippen LogP contribution in [-0.4, -0.2) is 21.8 Å². The van der Waals surface area contributed by atoms with Gasteiger partial charge in [0.05, 0.1) is 12.2 Å². The molecule has 6 aromatic rings. The van der Waals surface area contributed by atoms with E-state index in [1.54, 1.807) is 36.4 Å². The molecule has 2 saturated carbocycles. The van der Waals surface area contributed by atoms with Crippen LogP contribution in [-0.2, 0) is 20.6 Å². The number of hydrogen-bond donors (Lipinski definition) is 3. The van der Waals surface area contributed by atoms with Crippen molar-refractivity contribution in [2.24, 2.45) is 11.8 Å². The number of carbonyl (C=O) groups is 1. The normalized spacial score (nSPS) is 14.3. The van der Waals surface area contributed by atoms with E-state index in [2.05, 4.69) is 9.62 Å². The van der Waals surface area contributed by atoms with E-state index < -0.39 is 104 Å². The Hall–Kier alpha value is -2.96. The third kappa shape index (κ3) is 18.0. The monoisotopic (exact) mass is 1190 g/mol. The number of carbonyl (C=O) groups excluding carboxylic acids is 1. The zero-order chi connectivity index (χ0) is 53.9. The molecule has 8 rings (SSSR count). The van der Waals surface area contributed by atoms with Crippen LogP contribution in [0.1, 0.15) is 87.3 Å². The Balaban J connectivity index is 0.000000412. The molecule has 24 heteroatoms. The van der Waals surface area contributed by atoms with E-state index in [1.165, 1.54) is 12.1 Å². The van der Waals surface area contributed by atoms with E-state index in [9.17, 15) is 71.7 Å². The van der Waals surface area contributed by atoms with Gasteiger partial charge in [-0.2, -0.15) is 17.6 Å². The number of aliphatic hydroxyl groups excluding tert-OH is 2. The minimum Gasteiger partial charge on any atom is -1.00 e. The molecule has 3 N–H and O–H groups in total. The topological polar surface area (TPSA) is 119 Å². The molecule has 2 atom stereocenters. The second-order valence-corrected chi connectivity index (χ2v) is 17.6. The molecule has 0 aromatic heterocycles. The Morgan fingerprint density at radius 3 is 1.15 bits per heavy atom. The van der Waals surface area contributed by atoms with Crippen molar-refractivity contribution >= 4 is 22.4 Å². The zero-order valence-corrected chi connectivity index (χ0v) is 47.3. The van der Waals surface area contributed by atoms with Crippen LogP contribution in [0.15, 0.2) is 97.1 Å². The second kappa shape index (κ2) is 29.9. The Labute approximate surface area is 514 Å². The van der Waals surface area contributed by atoms with Crippen LogP contribution in [0.4, 0.5) is 61.5 Å². The van der Waals surface area contributed by atoms with Gasteiger partial charge in [-0.1, -0.05) is 74.2 Å². The molecule has 2 aliphatic rings. The molecule has 7 nitrogen and oxygen atoms in total. The number of phenols is 1. The van der Waals surface area contributed by atoms with Gasteiger partial charge in [0.1, 0.15) is 45.9 Å². The van der Waals surface area contributed by atoms with Crippen molar-refractivity contribution in [3.05, 3.63) is 177 Å². The van der Waals surface area contributed by atoms with E-state index in [4.69, 9.17) is 15.2 Å². The summed E-state index contributed by atoms with van der Waals surface area (Å²) >= 11 is 1.99. The molecule has 2 fully saturated rings. The van der Waals surface area contributed by atoms with Gasteiger partial charge in [-0.25, -0.2) is 43.9 Å². The summed E-state index contributed by atoms with van der Waals surface area (Å²) in [6.45, 7) is -0.181. The van der Waals surface area contributed by atoms with Crippen LogP contribution in [0.5, 0.6) is 11.5 Å². The number of ether oxygens (including phenoxy) is 1. The predicted octanol–water partition coefficient (Wildman–Crippen LogP) is 8.07. The smallest absolute Gasteiger partial charge is 1.00 e. The average molecular weight is 1190 g/mol. The van der Waals surface area contributed by atoms with Crippen molar-refractivity contribution in [2.75, 3.05) is 0 Å². The first-order valence-corrected chi connectivity index (χ1v) is 22.6. The van der Waals surface area contributed by atoms with Crippen molar-refractivity contribution in [3.63, 3.8) is 0 Å². The fourth-order valence-corrected chi connectivity index (χ4v) is 8.58. The van der Waals surface area contributed by atoms with Crippen LogP contribution in [0, 0.1) is 70.0 Å². The molecule has 0 aliphatic heterocycles.